The van der Waals surface area contributed by atoms with E-state index in [0.717, 1.165) is 30.4 Å². The molecular formula is C29H38N6O5. The van der Waals surface area contributed by atoms with Crippen LogP contribution in [0.2, 0.25) is 0 Å². The highest BCUT2D eigenvalue weighted by Crippen LogP contribution is 2.44. The lowest BCUT2D eigenvalue weighted by molar-refractivity contribution is -0.141. The topological polar surface area (TPSA) is 135 Å². The van der Waals surface area contributed by atoms with Crippen molar-refractivity contribution < 1.29 is 23.9 Å². The molecule has 1 aliphatic carbocycles. The summed E-state index contributed by atoms with van der Waals surface area (Å²) in [7, 11) is 1.61. The molecule has 2 bridgehead atoms. The molecule has 3 heterocycles. The lowest BCUT2D eigenvalue weighted by atomic mass is 10.0. The molecule has 0 spiro atoms. The third kappa shape index (κ3) is 5.24. The van der Waals surface area contributed by atoms with Gasteiger partial charge in [-0.15, -0.1) is 0 Å². The van der Waals surface area contributed by atoms with Gasteiger partial charge in [0.25, 0.3) is 5.91 Å². The molecule has 1 aromatic carbocycles. The third-order valence-corrected chi connectivity index (χ3v) is 8.42. The minimum absolute atomic E-state index is 0.00277. The zero-order valence-corrected chi connectivity index (χ0v) is 23.6. The van der Waals surface area contributed by atoms with Crippen LogP contribution < -0.4 is 10.6 Å². The maximum absolute atomic E-state index is 13.7. The first-order valence-electron chi connectivity index (χ1n) is 14.1. The van der Waals surface area contributed by atoms with Crippen molar-refractivity contribution >= 4 is 23.8 Å². The zero-order valence-electron chi connectivity index (χ0n) is 23.6. The van der Waals surface area contributed by atoms with Gasteiger partial charge in [0.05, 0.1) is 18.2 Å². The Balaban J connectivity index is 1.30. The van der Waals surface area contributed by atoms with Crippen LogP contribution in [0.1, 0.15) is 74.0 Å². The van der Waals surface area contributed by atoms with E-state index in [0.29, 0.717) is 31.5 Å². The van der Waals surface area contributed by atoms with Crippen molar-refractivity contribution in [2.75, 3.05) is 26.7 Å². The van der Waals surface area contributed by atoms with Gasteiger partial charge in [-0.1, -0.05) is 6.07 Å². The van der Waals surface area contributed by atoms with Crippen LogP contribution in [-0.2, 0) is 20.7 Å². The van der Waals surface area contributed by atoms with Crippen molar-refractivity contribution in [2.24, 2.45) is 0 Å². The molecule has 0 saturated carbocycles. The molecule has 40 heavy (non-hydrogen) atoms. The summed E-state index contributed by atoms with van der Waals surface area (Å²) in [6.07, 6.45) is 2.93. The molecule has 0 unspecified atom stereocenters. The van der Waals surface area contributed by atoms with E-state index in [2.05, 4.69) is 16.7 Å². The average Bonchev–Trinajstić information content (AvgIpc) is 3.69. The van der Waals surface area contributed by atoms with E-state index >= 15 is 0 Å². The van der Waals surface area contributed by atoms with Crippen LogP contribution in [-0.4, -0.2) is 95.0 Å². The van der Waals surface area contributed by atoms with Crippen LogP contribution in [0.3, 0.4) is 0 Å². The molecule has 214 valence electrons. The number of fused-ring (bicyclic) bond motifs is 3. The number of likely N-dealkylation sites (tertiary alicyclic amines) is 3. The van der Waals surface area contributed by atoms with Crippen molar-refractivity contribution in [1.82, 2.24) is 25.3 Å². The quantitative estimate of drug-likeness (QED) is 0.551. The van der Waals surface area contributed by atoms with Gasteiger partial charge >= 0.3 is 6.09 Å². The highest BCUT2D eigenvalue weighted by Gasteiger charge is 2.53. The van der Waals surface area contributed by atoms with E-state index in [4.69, 9.17) is 4.74 Å². The average molecular weight is 551 g/mol. The first kappa shape index (κ1) is 27.9. The normalized spacial score (nSPS) is 26.4. The number of carbonyl (C=O) groups is 4. The Bertz CT molecular complexity index is 1250. The first-order valence-corrected chi connectivity index (χ1v) is 14.1. The molecule has 2 N–H and O–H groups in total. The van der Waals surface area contributed by atoms with E-state index in [-0.39, 0.29) is 42.4 Å². The van der Waals surface area contributed by atoms with Gasteiger partial charge in [-0.25, -0.2) is 4.79 Å². The summed E-state index contributed by atoms with van der Waals surface area (Å²) in [4.78, 5) is 57.5. The summed E-state index contributed by atoms with van der Waals surface area (Å²) in [5.41, 5.74) is 2.08. The smallest absolute Gasteiger partial charge is 0.408 e. The van der Waals surface area contributed by atoms with Crippen molar-refractivity contribution in [3.8, 4) is 6.07 Å². The highest BCUT2D eigenvalue weighted by atomic mass is 16.6. The predicted molar refractivity (Wildman–Crippen MR) is 145 cm³/mol. The minimum atomic E-state index is -0.931. The molecule has 3 aliphatic heterocycles. The fourth-order valence-electron chi connectivity index (χ4n) is 6.70. The number of nitriles is 1. The van der Waals surface area contributed by atoms with Crippen molar-refractivity contribution in [3.63, 3.8) is 0 Å². The maximum atomic E-state index is 13.7. The molecule has 1 aromatic rings. The molecule has 4 amide bonds. The lowest BCUT2D eigenvalue weighted by Gasteiger charge is -2.39. The molecule has 0 radical (unpaired) electrons. The lowest BCUT2D eigenvalue weighted by Crippen LogP contribution is -2.59. The Morgan fingerprint density at radius 1 is 1.20 bits per heavy atom. The Hall–Kier alpha value is -3.65. The Labute approximate surface area is 234 Å². The van der Waals surface area contributed by atoms with Crippen LogP contribution in [0.5, 0.6) is 0 Å². The SMILES string of the molecule is CNC(=O)c1ccc2c(c1)CC[C@@H]2N1C(=O)[C@@H]2C[C@H]1CN2C[C@H](NC(=O)OC(C)(C)C)C(=O)N1CCC[C@H]1C#N. The van der Waals surface area contributed by atoms with Crippen molar-refractivity contribution in [1.29, 1.82) is 5.26 Å². The first-order chi connectivity index (χ1) is 19.0. The highest BCUT2D eigenvalue weighted by molar-refractivity contribution is 5.94. The number of hydrogen-bond donors (Lipinski definition) is 2. The number of aryl methyl sites for hydroxylation is 1. The van der Waals surface area contributed by atoms with Crippen LogP contribution in [0.25, 0.3) is 0 Å². The number of nitrogens with zero attached hydrogens (tertiary/aromatic N) is 4. The van der Waals surface area contributed by atoms with Gasteiger partial charge in [0, 0.05) is 38.3 Å². The number of ether oxygens (including phenoxy) is 1. The van der Waals surface area contributed by atoms with Gasteiger partial charge in [-0.05, 0) is 76.1 Å². The number of nitrogens with one attached hydrogen (secondary N) is 2. The molecule has 5 atom stereocenters. The second-order valence-corrected chi connectivity index (χ2v) is 12.2. The molecule has 4 aliphatic rings. The summed E-state index contributed by atoms with van der Waals surface area (Å²) in [6, 6.07) is 6.04. The standard InChI is InChI=1S/C29H38N6O5/c1-29(2,3)40-28(39)32-22(26(37)34-11-5-6-19(34)14-30)16-33-15-20-13-24(33)27(38)35(20)23-10-8-17-12-18(25(36)31-4)7-9-21(17)23/h7,9,12,19-20,22-24H,5-6,8,10-11,13,15-16H2,1-4H3,(H,31,36)(H,32,39)/t19-,20-,22-,23-,24-/m0/s1. The largest absolute Gasteiger partial charge is 0.444 e. The number of alkyl carbamates (subject to hydrolysis) is 1. The van der Waals surface area contributed by atoms with Gasteiger partial charge in [0.15, 0.2) is 0 Å². The molecule has 3 fully saturated rings. The van der Waals surface area contributed by atoms with E-state index < -0.39 is 23.8 Å². The summed E-state index contributed by atoms with van der Waals surface area (Å²) in [5, 5.41) is 14.9. The zero-order chi connectivity index (χ0) is 28.8. The van der Waals surface area contributed by atoms with Gasteiger partial charge in [0.1, 0.15) is 17.7 Å². The van der Waals surface area contributed by atoms with Crippen LogP contribution >= 0.6 is 0 Å². The molecule has 3 saturated heterocycles. The van der Waals surface area contributed by atoms with Crippen molar-refractivity contribution in [3.05, 3.63) is 34.9 Å². The van der Waals surface area contributed by atoms with E-state index in [1.54, 1.807) is 27.8 Å². The number of benzene rings is 1. The maximum Gasteiger partial charge on any atom is 0.408 e. The summed E-state index contributed by atoms with van der Waals surface area (Å²) < 4.78 is 5.43. The van der Waals surface area contributed by atoms with Gasteiger partial charge in [-0.2, -0.15) is 5.26 Å². The predicted octanol–water partition coefficient (Wildman–Crippen LogP) is 1.73. The molecule has 0 aromatic heterocycles. The number of rotatable bonds is 6. The number of amides is 4. The third-order valence-electron chi connectivity index (χ3n) is 8.42. The van der Waals surface area contributed by atoms with Gasteiger partial charge in [-0.3, -0.25) is 19.3 Å². The molecule has 5 rings (SSSR count). The van der Waals surface area contributed by atoms with Crippen LogP contribution in [0, 0.1) is 11.3 Å². The van der Waals surface area contributed by atoms with Crippen molar-refractivity contribution in [2.45, 2.75) is 88.7 Å². The number of carbonyl (C=O) groups excluding carboxylic acids is 4. The minimum Gasteiger partial charge on any atom is -0.444 e. The van der Waals surface area contributed by atoms with Crippen LogP contribution in [0.15, 0.2) is 18.2 Å². The Kier molecular flexibility index (Phi) is 7.48. The van der Waals surface area contributed by atoms with E-state index in [1.807, 2.05) is 28.0 Å². The second-order valence-electron chi connectivity index (χ2n) is 12.2. The second kappa shape index (κ2) is 10.7. The van der Waals surface area contributed by atoms with Gasteiger partial charge in [0.2, 0.25) is 11.8 Å². The molecule has 11 nitrogen and oxygen atoms in total. The molecular weight excluding hydrogens is 512 g/mol. The molecule has 11 heteroatoms. The van der Waals surface area contributed by atoms with Gasteiger partial charge < -0.3 is 25.2 Å². The summed E-state index contributed by atoms with van der Waals surface area (Å²) in [6.45, 7) is 6.49. The van der Waals surface area contributed by atoms with Crippen LogP contribution in [0.4, 0.5) is 4.79 Å². The summed E-state index contributed by atoms with van der Waals surface area (Å²) in [5.74, 6) is -0.417. The Morgan fingerprint density at radius 3 is 2.65 bits per heavy atom. The van der Waals surface area contributed by atoms with E-state index in [9.17, 15) is 24.4 Å². The fraction of sp³-hybridized carbons (Fsp3) is 0.621. The van der Waals surface area contributed by atoms with E-state index in [1.165, 1.54) is 4.90 Å². The summed E-state index contributed by atoms with van der Waals surface area (Å²) >= 11 is 0. The monoisotopic (exact) mass is 550 g/mol. The Morgan fingerprint density at radius 2 is 1.98 bits per heavy atom. The fourth-order valence-corrected chi connectivity index (χ4v) is 6.70. The number of hydrogen-bond acceptors (Lipinski definition) is 7. The number of piperazine rings is 1.